The van der Waals surface area contributed by atoms with E-state index in [0.29, 0.717) is 32.1 Å². The van der Waals surface area contributed by atoms with Crippen LogP contribution in [0.1, 0.15) is 10.4 Å². The molecule has 0 amide bonds. The predicted molar refractivity (Wildman–Crippen MR) is 90.2 cm³/mol. The lowest BCUT2D eigenvalue weighted by Gasteiger charge is -2.12. The van der Waals surface area contributed by atoms with Crippen LogP contribution < -0.4 is 18.9 Å². The van der Waals surface area contributed by atoms with E-state index in [4.69, 9.17) is 18.9 Å². The van der Waals surface area contributed by atoms with Crippen LogP contribution in [0.4, 0.5) is 0 Å². The maximum absolute atomic E-state index is 12.4. The molecule has 0 fully saturated rings. The molecule has 0 saturated heterocycles. The van der Waals surface area contributed by atoms with E-state index in [0.717, 1.165) is 0 Å². The summed E-state index contributed by atoms with van der Waals surface area (Å²) in [6.45, 7) is 0. The molecule has 0 aliphatic heterocycles. The first-order valence-corrected chi connectivity index (χ1v) is 7.45. The number of rotatable bonds is 5. The number of carbonyl (C=O) groups is 1. The number of carbonyl (C=O) groups excluding carboxylic acids is 1. The van der Waals surface area contributed by atoms with E-state index in [1.54, 1.807) is 43.5 Å². The van der Waals surface area contributed by atoms with Crippen molar-refractivity contribution in [3.8, 4) is 23.0 Å². The largest absolute Gasteiger partial charge is 0.493 e. The summed E-state index contributed by atoms with van der Waals surface area (Å²) in [5.74, 6) is 1.39. The van der Waals surface area contributed by atoms with Gasteiger partial charge in [0.15, 0.2) is 23.0 Å². The van der Waals surface area contributed by atoms with Crippen molar-refractivity contribution >= 4 is 28.6 Å². The van der Waals surface area contributed by atoms with Gasteiger partial charge >= 0.3 is 5.97 Å². The number of para-hydroxylation sites is 2. The summed E-state index contributed by atoms with van der Waals surface area (Å²) in [6, 6.07) is 10.3. The van der Waals surface area contributed by atoms with Gasteiger partial charge in [0.1, 0.15) is 0 Å². The maximum Gasteiger partial charge on any atom is 0.344 e. The highest BCUT2D eigenvalue weighted by Gasteiger charge is 2.18. The molecule has 0 saturated carbocycles. The van der Waals surface area contributed by atoms with Crippen molar-refractivity contribution < 1.29 is 23.7 Å². The molecule has 0 heterocycles. The highest BCUT2D eigenvalue weighted by atomic mass is 127. The zero-order valence-corrected chi connectivity index (χ0v) is 14.5. The second-order valence-electron chi connectivity index (χ2n) is 4.23. The van der Waals surface area contributed by atoms with Crippen LogP contribution in [0, 0.1) is 3.57 Å². The Kier molecular flexibility index (Phi) is 5.48. The molecular formula is C16H15IO5. The molecule has 6 heteroatoms. The Balaban J connectivity index is 2.33. The topological polar surface area (TPSA) is 54.0 Å². The van der Waals surface area contributed by atoms with Crippen molar-refractivity contribution in [3.63, 3.8) is 0 Å². The number of halogens is 1. The number of esters is 1. The molecule has 2 aromatic rings. The Morgan fingerprint density at radius 3 is 2.00 bits per heavy atom. The molecule has 0 aliphatic rings. The molecule has 5 nitrogen and oxygen atoms in total. The van der Waals surface area contributed by atoms with Crippen LogP contribution in [-0.4, -0.2) is 27.3 Å². The van der Waals surface area contributed by atoms with Crippen molar-refractivity contribution in [2.75, 3.05) is 21.3 Å². The second-order valence-corrected chi connectivity index (χ2v) is 5.39. The van der Waals surface area contributed by atoms with Crippen LogP contribution in [0.5, 0.6) is 23.0 Å². The van der Waals surface area contributed by atoms with E-state index < -0.39 is 5.97 Å². The molecule has 2 aromatic carbocycles. The van der Waals surface area contributed by atoms with Crippen molar-refractivity contribution in [3.05, 3.63) is 45.5 Å². The highest BCUT2D eigenvalue weighted by Crippen LogP contribution is 2.33. The third kappa shape index (κ3) is 3.44. The van der Waals surface area contributed by atoms with Gasteiger partial charge in [-0.1, -0.05) is 12.1 Å². The second kappa shape index (κ2) is 7.35. The van der Waals surface area contributed by atoms with Gasteiger partial charge in [0.05, 0.1) is 26.9 Å². The van der Waals surface area contributed by atoms with E-state index in [1.807, 2.05) is 0 Å². The first-order valence-electron chi connectivity index (χ1n) is 6.37. The van der Waals surface area contributed by atoms with Crippen LogP contribution in [0.25, 0.3) is 0 Å². The van der Waals surface area contributed by atoms with Crippen molar-refractivity contribution in [1.29, 1.82) is 0 Å². The quantitative estimate of drug-likeness (QED) is 0.426. The summed E-state index contributed by atoms with van der Waals surface area (Å²) in [7, 11) is 4.58. The molecule has 0 atom stereocenters. The lowest BCUT2D eigenvalue weighted by Crippen LogP contribution is -2.11. The fourth-order valence-electron chi connectivity index (χ4n) is 1.87. The Morgan fingerprint density at radius 2 is 1.41 bits per heavy atom. The maximum atomic E-state index is 12.4. The smallest absolute Gasteiger partial charge is 0.344 e. The van der Waals surface area contributed by atoms with Gasteiger partial charge in [-0.3, -0.25) is 0 Å². The van der Waals surface area contributed by atoms with E-state index in [2.05, 4.69) is 22.6 Å². The Bertz CT molecular complexity index is 684. The molecule has 22 heavy (non-hydrogen) atoms. The molecule has 0 aromatic heterocycles. The summed E-state index contributed by atoms with van der Waals surface area (Å²) in [4.78, 5) is 12.4. The van der Waals surface area contributed by atoms with Crippen LogP contribution in [0.15, 0.2) is 36.4 Å². The molecule has 2 rings (SSSR count). The summed E-state index contributed by atoms with van der Waals surface area (Å²) < 4.78 is 21.7. The molecule has 0 aliphatic carbocycles. The van der Waals surface area contributed by atoms with Gasteiger partial charge in [-0.05, 0) is 46.9 Å². The average molecular weight is 414 g/mol. The van der Waals surface area contributed by atoms with Gasteiger partial charge in [-0.25, -0.2) is 4.79 Å². The fraction of sp³-hybridized carbons (Fsp3) is 0.188. The number of hydrogen-bond donors (Lipinski definition) is 0. The molecular weight excluding hydrogens is 399 g/mol. The minimum Gasteiger partial charge on any atom is -0.493 e. The van der Waals surface area contributed by atoms with Crippen LogP contribution in [-0.2, 0) is 0 Å². The van der Waals surface area contributed by atoms with Gasteiger partial charge in [0.2, 0.25) is 0 Å². The Morgan fingerprint density at radius 1 is 0.864 bits per heavy atom. The molecule has 0 N–H and O–H groups in total. The van der Waals surface area contributed by atoms with E-state index >= 15 is 0 Å². The molecule has 0 spiro atoms. The van der Waals surface area contributed by atoms with Crippen LogP contribution in [0.3, 0.4) is 0 Å². The summed E-state index contributed by atoms with van der Waals surface area (Å²) in [5, 5.41) is 0. The minimum atomic E-state index is -0.491. The third-order valence-corrected chi connectivity index (χ3v) is 3.86. The number of ether oxygens (including phenoxy) is 4. The summed E-state index contributed by atoms with van der Waals surface area (Å²) >= 11 is 2.05. The van der Waals surface area contributed by atoms with Crippen LogP contribution in [0.2, 0.25) is 0 Å². The lowest BCUT2D eigenvalue weighted by molar-refractivity contribution is 0.0728. The highest BCUT2D eigenvalue weighted by molar-refractivity contribution is 14.1. The summed E-state index contributed by atoms with van der Waals surface area (Å²) in [5.41, 5.74) is 0.393. The SMILES string of the molecule is COc1cc(I)c(C(=O)Oc2ccccc2OC)cc1OC. The first kappa shape index (κ1) is 16.4. The van der Waals surface area contributed by atoms with Crippen molar-refractivity contribution in [2.45, 2.75) is 0 Å². The standard InChI is InChI=1S/C16H15IO5/c1-19-12-6-4-5-7-13(12)22-16(18)10-8-14(20-2)15(21-3)9-11(10)17/h4-9H,1-3H3. The predicted octanol–water partition coefficient (Wildman–Crippen LogP) is 3.54. The van der Waals surface area contributed by atoms with Gasteiger partial charge in [0.25, 0.3) is 0 Å². The first-order chi connectivity index (χ1) is 10.6. The van der Waals surface area contributed by atoms with Gasteiger partial charge in [0, 0.05) is 3.57 Å². The normalized spacial score (nSPS) is 10.0. The van der Waals surface area contributed by atoms with Gasteiger partial charge in [-0.15, -0.1) is 0 Å². The number of hydrogen-bond acceptors (Lipinski definition) is 5. The Hall–Kier alpha value is -1.96. The molecule has 116 valence electrons. The average Bonchev–Trinajstić information content (AvgIpc) is 2.54. The van der Waals surface area contributed by atoms with Gasteiger partial charge < -0.3 is 18.9 Å². The molecule has 0 unspecified atom stereocenters. The zero-order chi connectivity index (χ0) is 16.1. The Labute approximate surface area is 142 Å². The molecule has 0 radical (unpaired) electrons. The fourth-order valence-corrected chi connectivity index (χ4v) is 2.53. The van der Waals surface area contributed by atoms with E-state index in [1.165, 1.54) is 14.2 Å². The number of benzene rings is 2. The third-order valence-electron chi connectivity index (χ3n) is 2.96. The van der Waals surface area contributed by atoms with Gasteiger partial charge in [-0.2, -0.15) is 0 Å². The minimum absolute atomic E-state index is 0.362. The summed E-state index contributed by atoms with van der Waals surface area (Å²) in [6.07, 6.45) is 0. The van der Waals surface area contributed by atoms with Crippen molar-refractivity contribution in [2.24, 2.45) is 0 Å². The molecule has 0 bridgehead atoms. The number of methoxy groups -OCH3 is 3. The van der Waals surface area contributed by atoms with Crippen molar-refractivity contribution in [1.82, 2.24) is 0 Å². The van der Waals surface area contributed by atoms with E-state index in [-0.39, 0.29) is 0 Å². The lowest BCUT2D eigenvalue weighted by atomic mass is 10.2. The van der Waals surface area contributed by atoms with E-state index in [9.17, 15) is 4.79 Å². The zero-order valence-electron chi connectivity index (χ0n) is 12.4. The monoisotopic (exact) mass is 414 g/mol. The van der Waals surface area contributed by atoms with Crippen LogP contribution >= 0.6 is 22.6 Å².